The van der Waals surface area contributed by atoms with Crippen LogP contribution < -0.4 is 5.32 Å². The van der Waals surface area contributed by atoms with Crippen molar-refractivity contribution in [2.45, 2.75) is 64.6 Å². The molecule has 92 valence electrons. The molecule has 1 aliphatic heterocycles. The zero-order valence-corrected chi connectivity index (χ0v) is 10.5. The second-order valence-electron chi connectivity index (χ2n) is 5.31. The Balaban J connectivity index is 1.79. The lowest BCUT2D eigenvalue weighted by molar-refractivity contribution is -0.129. The number of hydrogen-bond acceptors (Lipinski definition) is 2. The first-order valence-electron chi connectivity index (χ1n) is 6.79. The Kier molecular flexibility index (Phi) is 3.85. The van der Waals surface area contributed by atoms with Gasteiger partial charge in [0.1, 0.15) is 0 Å². The standard InChI is InChI=1S/C13H24N2O/c1-3-5-12-14-10(2)13(16)15(12)9-4-6-11-7-8-11/h10-12,14H,3-9H2,1-2H3. The Labute approximate surface area is 98.6 Å². The van der Waals surface area contributed by atoms with E-state index in [-0.39, 0.29) is 6.04 Å². The van der Waals surface area contributed by atoms with Gasteiger partial charge < -0.3 is 4.90 Å². The molecule has 3 heteroatoms. The predicted octanol–water partition coefficient (Wildman–Crippen LogP) is 2.12. The van der Waals surface area contributed by atoms with E-state index in [2.05, 4.69) is 17.1 Å². The molecular formula is C13H24N2O. The minimum absolute atomic E-state index is 0.0254. The van der Waals surface area contributed by atoms with Crippen LogP contribution in [0.2, 0.25) is 0 Å². The summed E-state index contributed by atoms with van der Waals surface area (Å²) in [7, 11) is 0. The average Bonchev–Trinajstić information content (AvgIpc) is 3.02. The van der Waals surface area contributed by atoms with Crippen LogP contribution in [-0.2, 0) is 4.79 Å². The van der Waals surface area contributed by atoms with Gasteiger partial charge in [-0.25, -0.2) is 0 Å². The molecular weight excluding hydrogens is 200 g/mol. The van der Waals surface area contributed by atoms with E-state index >= 15 is 0 Å². The molecule has 1 amide bonds. The maximum absolute atomic E-state index is 11.9. The van der Waals surface area contributed by atoms with Crippen LogP contribution in [0.5, 0.6) is 0 Å². The molecule has 2 aliphatic rings. The molecule has 1 saturated heterocycles. The topological polar surface area (TPSA) is 32.3 Å². The Morgan fingerprint density at radius 1 is 1.38 bits per heavy atom. The molecule has 1 heterocycles. The highest BCUT2D eigenvalue weighted by Crippen LogP contribution is 2.33. The summed E-state index contributed by atoms with van der Waals surface area (Å²) in [5, 5.41) is 3.38. The van der Waals surface area contributed by atoms with E-state index in [4.69, 9.17) is 0 Å². The van der Waals surface area contributed by atoms with Crippen molar-refractivity contribution >= 4 is 5.91 Å². The highest BCUT2D eigenvalue weighted by atomic mass is 16.2. The van der Waals surface area contributed by atoms with Gasteiger partial charge >= 0.3 is 0 Å². The lowest BCUT2D eigenvalue weighted by Crippen LogP contribution is -2.37. The van der Waals surface area contributed by atoms with Crippen molar-refractivity contribution in [1.82, 2.24) is 10.2 Å². The molecule has 1 aliphatic carbocycles. The predicted molar refractivity (Wildman–Crippen MR) is 65.0 cm³/mol. The van der Waals surface area contributed by atoms with Gasteiger partial charge in [0.2, 0.25) is 5.91 Å². The highest BCUT2D eigenvalue weighted by molar-refractivity contribution is 5.83. The fourth-order valence-corrected chi connectivity index (χ4v) is 2.59. The minimum atomic E-state index is 0.0254. The molecule has 2 fully saturated rings. The first-order valence-corrected chi connectivity index (χ1v) is 6.79. The SMILES string of the molecule is CCCC1NC(C)C(=O)N1CCCC1CC1. The molecule has 0 spiro atoms. The smallest absolute Gasteiger partial charge is 0.240 e. The summed E-state index contributed by atoms with van der Waals surface area (Å²) in [5.41, 5.74) is 0. The van der Waals surface area contributed by atoms with Gasteiger partial charge in [0.15, 0.2) is 0 Å². The van der Waals surface area contributed by atoms with Gasteiger partial charge in [-0.05, 0) is 32.1 Å². The van der Waals surface area contributed by atoms with E-state index in [1.807, 2.05) is 6.92 Å². The molecule has 0 aromatic carbocycles. The van der Waals surface area contributed by atoms with E-state index in [0.717, 1.165) is 25.3 Å². The quantitative estimate of drug-likeness (QED) is 0.749. The number of carbonyl (C=O) groups is 1. The van der Waals surface area contributed by atoms with Gasteiger partial charge in [-0.3, -0.25) is 10.1 Å². The zero-order valence-electron chi connectivity index (χ0n) is 10.5. The van der Waals surface area contributed by atoms with Crippen molar-refractivity contribution in [1.29, 1.82) is 0 Å². The van der Waals surface area contributed by atoms with Crippen LogP contribution in [0.25, 0.3) is 0 Å². The van der Waals surface area contributed by atoms with Gasteiger partial charge in [0.05, 0.1) is 12.2 Å². The van der Waals surface area contributed by atoms with E-state index in [9.17, 15) is 4.79 Å². The fourth-order valence-electron chi connectivity index (χ4n) is 2.59. The van der Waals surface area contributed by atoms with Crippen LogP contribution in [0.4, 0.5) is 0 Å². The zero-order chi connectivity index (χ0) is 11.5. The number of nitrogens with one attached hydrogen (secondary N) is 1. The molecule has 3 nitrogen and oxygen atoms in total. The molecule has 2 rings (SSSR count). The molecule has 1 saturated carbocycles. The van der Waals surface area contributed by atoms with Crippen molar-refractivity contribution in [2.75, 3.05) is 6.54 Å². The maximum Gasteiger partial charge on any atom is 0.240 e. The first-order chi connectivity index (χ1) is 7.72. The van der Waals surface area contributed by atoms with Crippen molar-refractivity contribution in [3.8, 4) is 0 Å². The normalized spacial score (nSPS) is 30.1. The summed E-state index contributed by atoms with van der Waals surface area (Å²) in [6.07, 6.45) is 7.85. The molecule has 2 unspecified atom stereocenters. The van der Waals surface area contributed by atoms with Gasteiger partial charge in [0, 0.05) is 6.54 Å². The Morgan fingerprint density at radius 2 is 2.12 bits per heavy atom. The second-order valence-corrected chi connectivity index (χ2v) is 5.31. The Morgan fingerprint density at radius 3 is 2.75 bits per heavy atom. The van der Waals surface area contributed by atoms with Crippen LogP contribution in [0, 0.1) is 5.92 Å². The number of carbonyl (C=O) groups excluding carboxylic acids is 1. The largest absolute Gasteiger partial charge is 0.326 e. The van der Waals surface area contributed by atoms with Crippen LogP contribution in [0.3, 0.4) is 0 Å². The second kappa shape index (κ2) is 5.17. The van der Waals surface area contributed by atoms with Gasteiger partial charge in [-0.2, -0.15) is 0 Å². The first kappa shape index (κ1) is 11.9. The van der Waals surface area contributed by atoms with Crippen LogP contribution >= 0.6 is 0 Å². The summed E-state index contributed by atoms with van der Waals surface area (Å²) < 4.78 is 0. The molecule has 16 heavy (non-hydrogen) atoms. The molecule has 1 N–H and O–H groups in total. The van der Waals surface area contributed by atoms with E-state index in [0.29, 0.717) is 12.1 Å². The number of rotatable bonds is 6. The molecule has 2 atom stereocenters. The monoisotopic (exact) mass is 224 g/mol. The van der Waals surface area contributed by atoms with Crippen molar-refractivity contribution in [2.24, 2.45) is 5.92 Å². The third-order valence-electron chi connectivity index (χ3n) is 3.74. The summed E-state index contributed by atoms with van der Waals surface area (Å²) in [4.78, 5) is 14.0. The van der Waals surface area contributed by atoms with Crippen molar-refractivity contribution in [3.05, 3.63) is 0 Å². The average molecular weight is 224 g/mol. The van der Waals surface area contributed by atoms with E-state index < -0.39 is 0 Å². The minimum Gasteiger partial charge on any atom is -0.326 e. The van der Waals surface area contributed by atoms with Gasteiger partial charge in [-0.1, -0.05) is 26.2 Å². The number of nitrogens with zero attached hydrogens (tertiary/aromatic N) is 1. The maximum atomic E-state index is 11.9. The lowest BCUT2D eigenvalue weighted by Gasteiger charge is -2.23. The van der Waals surface area contributed by atoms with Gasteiger partial charge in [-0.15, -0.1) is 0 Å². The Bertz CT molecular complexity index is 250. The van der Waals surface area contributed by atoms with E-state index in [1.54, 1.807) is 0 Å². The third kappa shape index (κ3) is 2.76. The molecule has 0 aromatic rings. The summed E-state index contributed by atoms with van der Waals surface area (Å²) >= 11 is 0. The number of hydrogen-bond donors (Lipinski definition) is 1. The fraction of sp³-hybridized carbons (Fsp3) is 0.923. The summed E-state index contributed by atoms with van der Waals surface area (Å²) in [6.45, 7) is 5.11. The summed E-state index contributed by atoms with van der Waals surface area (Å²) in [6, 6.07) is 0.0254. The molecule has 0 aromatic heterocycles. The van der Waals surface area contributed by atoms with Crippen molar-refractivity contribution < 1.29 is 4.79 Å². The molecule has 0 bridgehead atoms. The number of amides is 1. The van der Waals surface area contributed by atoms with Crippen LogP contribution in [0.15, 0.2) is 0 Å². The lowest BCUT2D eigenvalue weighted by atomic mass is 10.2. The summed E-state index contributed by atoms with van der Waals surface area (Å²) in [5.74, 6) is 1.28. The third-order valence-corrected chi connectivity index (χ3v) is 3.74. The van der Waals surface area contributed by atoms with E-state index in [1.165, 1.54) is 25.7 Å². The molecule has 0 radical (unpaired) electrons. The highest BCUT2D eigenvalue weighted by Gasteiger charge is 2.35. The van der Waals surface area contributed by atoms with Gasteiger partial charge in [0.25, 0.3) is 0 Å². The Hall–Kier alpha value is -0.570. The van der Waals surface area contributed by atoms with Crippen molar-refractivity contribution in [3.63, 3.8) is 0 Å². The van der Waals surface area contributed by atoms with Crippen LogP contribution in [-0.4, -0.2) is 29.6 Å². The van der Waals surface area contributed by atoms with Crippen LogP contribution in [0.1, 0.15) is 52.4 Å².